The zero-order valence-corrected chi connectivity index (χ0v) is 10.3. The summed E-state index contributed by atoms with van der Waals surface area (Å²) in [4.78, 5) is 11.3. The summed E-state index contributed by atoms with van der Waals surface area (Å²) in [6, 6.07) is 9.32. The predicted molar refractivity (Wildman–Crippen MR) is 68.2 cm³/mol. The zero-order valence-electron chi connectivity index (χ0n) is 10.3. The van der Waals surface area contributed by atoms with Crippen LogP contribution < -0.4 is 5.32 Å². The Hall–Kier alpha value is -1.39. The molecule has 0 radical (unpaired) electrons. The molecule has 0 bridgehead atoms. The number of carboxylic acids is 1. The molecule has 0 spiro atoms. The van der Waals surface area contributed by atoms with Crippen molar-refractivity contribution in [3.8, 4) is 0 Å². The first-order valence-corrected chi connectivity index (χ1v) is 6.35. The highest BCUT2D eigenvalue weighted by Crippen LogP contribution is 2.18. The predicted octanol–water partition coefficient (Wildman–Crippen LogP) is 1.66. The van der Waals surface area contributed by atoms with E-state index >= 15 is 0 Å². The number of hydrogen-bond donors (Lipinski definition) is 2. The summed E-state index contributed by atoms with van der Waals surface area (Å²) in [7, 11) is 0. The molecular formula is C14H19NO3. The van der Waals surface area contributed by atoms with Crippen LogP contribution in [0, 0.1) is 5.92 Å². The molecule has 2 rings (SSSR count). The van der Waals surface area contributed by atoms with Crippen molar-refractivity contribution < 1.29 is 14.6 Å². The highest BCUT2D eigenvalue weighted by Gasteiger charge is 2.29. The van der Waals surface area contributed by atoms with Crippen molar-refractivity contribution in [2.75, 3.05) is 13.2 Å². The van der Waals surface area contributed by atoms with E-state index < -0.39 is 12.0 Å². The number of aliphatic carboxylic acids is 1. The van der Waals surface area contributed by atoms with E-state index in [1.165, 1.54) is 0 Å². The third-order valence-corrected chi connectivity index (χ3v) is 3.30. The molecular weight excluding hydrogens is 230 g/mol. The van der Waals surface area contributed by atoms with Crippen LogP contribution in [0.4, 0.5) is 0 Å². The molecule has 0 aliphatic carbocycles. The fourth-order valence-corrected chi connectivity index (χ4v) is 2.31. The maximum atomic E-state index is 11.3. The van der Waals surface area contributed by atoms with Crippen molar-refractivity contribution >= 4 is 5.97 Å². The normalized spacial score (nSPS) is 21.4. The Kier molecular flexibility index (Phi) is 4.73. The number of hydrogen-bond acceptors (Lipinski definition) is 3. The van der Waals surface area contributed by atoms with Crippen LogP contribution >= 0.6 is 0 Å². The molecule has 1 aromatic rings. The van der Waals surface area contributed by atoms with Crippen LogP contribution in [0.5, 0.6) is 0 Å². The lowest BCUT2D eigenvalue weighted by molar-refractivity contribution is -0.142. The molecule has 1 aliphatic rings. The Balaban J connectivity index is 1.92. The Morgan fingerprint density at radius 3 is 2.83 bits per heavy atom. The molecule has 2 atom stereocenters. The van der Waals surface area contributed by atoms with Crippen LogP contribution in [0.2, 0.25) is 0 Å². The van der Waals surface area contributed by atoms with Crippen LogP contribution in [0.25, 0.3) is 0 Å². The molecule has 4 heteroatoms. The topological polar surface area (TPSA) is 58.6 Å². The second-order valence-corrected chi connectivity index (χ2v) is 4.66. The number of rotatable bonds is 5. The molecule has 1 saturated heterocycles. The zero-order chi connectivity index (χ0) is 12.8. The molecule has 18 heavy (non-hydrogen) atoms. The van der Waals surface area contributed by atoms with Gasteiger partial charge in [-0.15, -0.1) is 0 Å². The third-order valence-electron chi connectivity index (χ3n) is 3.30. The Bertz CT molecular complexity index is 374. The molecule has 1 heterocycles. The van der Waals surface area contributed by atoms with E-state index in [2.05, 4.69) is 5.32 Å². The average Bonchev–Trinajstić information content (AvgIpc) is 2.41. The summed E-state index contributed by atoms with van der Waals surface area (Å²) in [6.07, 6.45) is 1.86. The van der Waals surface area contributed by atoms with Gasteiger partial charge >= 0.3 is 5.97 Å². The molecule has 0 amide bonds. The molecule has 2 unspecified atom stereocenters. The van der Waals surface area contributed by atoms with Crippen LogP contribution in [0.15, 0.2) is 30.3 Å². The van der Waals surface area contributed by atoms with Gasteiger partial charge in [0.15, 0.2) is 0 Å². The standard InChI is InChI=1S/C14H19NO3/c16-14(17)13(12-7-4-8-18-10-12)15-9-11-5-2-1-3-6-11/h1-3,5-6,12-13,15H,4,7-10H2,(H,16,17). The fourth-order valence-electron chi connectivity index (χ4n) is 2.31. The highest BCUT2D eigenvalue weighted by molar-refractivity contribution is 5.73. The molecule has 1 fully saturated rings. The maximum absolute atomic E-state index is 11.3. The Morgan fingerprint density at radius 2 is 2.22 bits per heavy atom. The van der Waals surface area contributed by atoms with Crippen molar-refractivity contribution in [1.29, 1.82) is 0 Å². The summed E-state index contributed by atoms with van der Waals surface area (Å²) in [5.74, 6) is -0.721. The van der Waals surface area contributed by atoms with Crippen LogP contribution in [0.1, 0.15) is 18.4 Å². The van der Waals surface area contributed by atoms with Gasteiger partial charge in [-0.1, -0.05) is 30.3 Å². The molecule has 1 aliphatic heterocycles. The number of benzene rings is 1. The lowest BCUT2D eigenvalue weighted by Crippen LogP contribution is -2.45. The number of ether oxygens (including phenoxy) is 1. The first-order valence-electron chi connectivity index (χ1n) is 6.35. The van der Waals surface area contributed by atoms with Crippen LogP contribution in [-0.2, 0) is 16.1 Å². The highest BCUT2D eigenvalue weighted by atomic mass is 16.5. The summed E-state index contributed by atoms with van der Waals surface area (Å²) in [6.45, 7) is 1.87. The van der Waals surface area contributed by atoms with Crippen molar-refractivity contribution in [3.05, 3.63) is 35.9 Å². The smallest absolute Gasteiger partial charge is 0.321 e. The van der Waals surface area contributed by atoms with Gasteiger partial charge in [0.2, 0.25) is 0 Å². The van der Waals surface area contributed by atoms with Gasteiger partial charge in [-0.3, -0.25) is 10.1 Å². The Labute approximate surface area is 107 Å². The van der Waals surface area contributed by atoms with Gasteiger partial charge in [0, 0.05) is 19.1 Å². The third kappa shape index (κ3) is 3.55. The quantitative estimate of drug-likeness (QED) is 0.833. The van der Waals surface area contributed by atoms with Gasteiger partial charge in [0.1, 0.15) is 6.04 Å². The van der Waals surface area contributed by atoms with Crippen LogP contribution in [-0.4, -0.2) is 30.3 Å². The summed E-state index contributed by atoms with van der Waals surface area (Å²) < 4.78 is 5.36. The fraction of sp³-hybridized carbons (Fsp3) is 0.500. The van der Waals surface area contributed by atoms with Crippen LogP contribution in [0.3, 0.4) is 0 Å². The van der Waals surface area contributed by atoms with Crippen molar-refractivity contribution in [3.63, 3.8) is 0 Å². The first-order chi connectivity index (χ1) is 8.77. The monoisotopic (exact) mass is 249 g/mol. The molecule has 0 aromatic heterocycles. The number of nitrogens with one attached hydrogen (secondary N) is 1. The van der Waals surface area contributed by atoms with E-state index in [1.807, 2.05) is 30.3 Å². The van der Waals surface area contributed by atoms with Gasteiger partial charge in [0.05, 0.1) is 6.61 Å². The molecule has 1 aromatic carbocycles. The van der Waals surface area contributed by atoms with Crippen molar-refractivity contribution in [2.24, 2.45) is 5.92 Å². The summed E-state index contributed by atoms with van der Waals surface area (Å²) in [5.41, 5.74) is 1.10. The molecule has 0 saturated carbocycles. The minimum atomic E-state index is -0.790. The maximum Gasteiger partial charge on any atom is 0.321 e. The Morgan fingerprint density at radius 1 is 1.44 bits per heavy atom. The SMILES string of the molecule is O=C(O)C(NCc1ccccc1)C1CCCOC1. The minimum Gasteiger partial charge on any atom is -0.480 e. The van der Waals surface area contributed by atoms with Crippen molar-refractivity contribution in [1.82, 2.24) is 5.32 Å². The molecule has 98 valence electrons. The van der Waals surface area contributed by atoms with E-state index in [9.17, 15) is 9.90 Å². The second-order valence-electron chi connectivity index (χ2n) is 4.66. The van der Waals surface area contributed by atoms with E-state index in [4.69, 9.17) is 4.74 Å². The van der Waals surface area contributed by atoms with Gasteiger partial charge in [-0.05, 0) is 18.4 Å². The molecule has 2 N–H and O–H groups in total. The number of carbonyl (C=O) groups is 1. The lowest BCUT2D eigenvalue weighted by Gasteiger charge is -2.28. The average molecular weight is 249 g/mol. The van der Waals surface area contributed by atoms with E-state index in [0.717, 1.165) is 25.0 Å². The van der Waals surface area contributed by atoms with E-state index in [0.29, 0.717) is 13.2 Å². The molecule has 4 nitrogen and oxygen atoms in total. The lowest BCUT2D eigenvalue weighted by atomic mass is 9.93. The minimum absolute atomic E-state index is 0.0694. The van der Waals surface area contributed by atoms with Gasteiger partial charge in [-0.25, -0.2) is 0 Å². The van der Waals surface area contributed by atoms with Gasteiger partial charge in [0.25, 0.3) is 0 Å². The van der Waals surface area contributed by atoms with Crippen molar-refractivity contribution in [2.45, 2.75) is 25.4 Å². The largest absolute Gasteiger partial charge is 0.480 e. The van der Waals surface area contributed by atoms with E-state index in [1.54, 1.807) is 0 Å². The first kappa shape index (κ1) is 13.1. The van der Waals surface area contributed by atoms with E-state index in [-0.39, 0.29) is 5.92 Å². The van der Waals surface area contributed by atoms with Gasteiger partial charge in [-0.2, -0.15) is 0 Å². The summed E-state index contributed by atoms with van der Waals surface area (Å²) >= 11 is 0. The van der Waals surface area contributed by atoms with Gasteiger partial charge < -0.3 is 9.84 Å². The summed E-state index contributed by atoms with van der Waals surface area (Å²) in [5, 5.41) is 12.4. The number of carboxylic acid groups (broad SMARTS) is 1. The second kappa shape index (κ2) is 6.52.